The summed E-state index contributed by atoms with van der Waals surface area (Å²) in [7, 11) is 0. The van der Waals surface area contributed by atoms with Crippen molar-refractivity contribution in [3.8, 4) is 0 Å². The lowest BCUT2D eigenvalue weighted by Gasteiger charge is -2.04. The molecule has 0 unspecified atom stereocenters. The zero-order valence-corrected chi connectivity index (χ0v) is 8.43. The minimum Gasteiger partial charge on any atom is -0.0883 e. The molecule has 0 fully saturated rings. The maximum atomic E-state index is 5.43. The molecular formula is C5H6BrCl3. The molecule has 4 heteroatoms. The molecule has 0 aliphatic heterocycles. The van der Waals surface area contributed by atoms with E-state index in [2.05, 4.69) is 15.9 Å². The van der Waals surface area contributed by atoms with E-state index in [4.69, 9.17) is 34.8 Å². The van der Waals surface area contributed by atoms with Gasteiger partial charge < -0.3 is 0 Å². The van der Waals surface area contributed by atoms with Crippen LogP contribution >= 0.6 is 50.7 Å². The SMILES string of the molecule is ClC(Cl)(Cl)C/C=C\CBr. The van der Waals surface area contributed by atoms with E-state index in [-0.39, 0.29) is 0 Å². The van der Waals surface area contributed by atoms with Gasteiger partial charge in [-0.25, -0.2) is 0 Å². The van der Waals surface area contributed by atoms with Gasteiger partial charge >= 0.3 is 0 Å². The second-order valence-corrected chi connectivity index (χ2v) is 4.61. The third kappa shape index (κ3) is 9.09. The van der Waals surface area contributed by atoms with Gasteiger partial charge in [-0.3, -0.25) is 0 Å². The molecule has 0 rings (SSSR count). The van der Waals surface area contributed by atoms with Crippen LogP contribution in [0.15, 0.2) is 12.2 Å². The second-order valence-electron chi connectivity index (χ2n) is 1.45. The van der Waals surface area contributed by atoms with Crippen LogP contribution in [0.3, 0.4) is 0 Å². The van der Waals surface area contributed by atoms with E-state index < -0.39 is 3.79 Å². The smallest absolute Gasteiger partial charge is 0.0883 e. The predicted molar refractivity (Wildman–Crippen MR) is 47.8 cm³/mol. The Morgan fingerprint density at radius 1 is 1.22 bits per heavy atom. The summed E-state index contributed by atoms with van der Waals surface area (Å²) in [5, 5.41) is 0.799. The van der Waals surface area contributed by atoms with Crippen molar-refractivity contribution in [2.75, 3.05) is 5.33 Å². The highest BCUT2D eigenvalue weighted by Crippen LogP contribution is 2.30. The Morgan fingerprint density at radius 3 is 2.11 bits per heavy atom. The first-order valence-electron chi connectivity index (χ1n) is 2.34. The Labute approximate surface area is 78.3 Å². The lowest BCUT2D eigenvalue weighted by atomic mass is 10.4. The fraction of sp³-hybridized carbons (Fsp3) is 0.600. The van der Waals surface area contributed by atoms with Crippen LogP contribution in [-0.2, 0) is 0 Å². The number of rotatable bonds is 2. The van der Waals surface area contributed by atoms with E-state index in [0.717, 1.165) is 5.33 Å². The van der Waals surface area contributed by atoms with Gasteiger partial charge in [0.05, 0.1) is 0 Å². The summed E-state index contributed by atoms with van der Waals surface area (Å²) in [5.41, 5.74) is 0. The lowest BCUT2D eigenvalue weighted by molar-refractivity contribution is 1.07. The van der Waals surface area contributed by atoms with Crippen LogP contribution in [0.1, 0.15) is 6.42 Å². The molecule has 0 aromatic rings. The van der Waals surface area contributed by atoms with Gasteiger partial charge in [0.1, 0.15) is 0 Å². The fourth-order valence-electron chi connectivity index (χ4n) is 0.280. The molecule has 54 valence electrons. The molecule has 0 aromatic heterocycles. The minimum atomic E-state index is -1.14. The largest absolute Gasteiger partial charge is 0.194 e. The van der Waals surface area contributed by atoms with Gasteiger partial charge in [-0.1, -0.05) is 62.9 Å². The van der Waals surface area contributed by atoms with Crippen molar-refractivity contribution in [1.29, 1.82) is 0 Å². The normalized spacial score (nSPS) is 12.9. The Bertz CT molecular complexity index is 94.9. The molecule has 0 N–H and O–H groups in total. The number of allylic oxidation sites excluding steroid dienone is 2. The molecule has 0 heterocycles. The first-order chi connectivity index (χ1) is 4.06. The topological polar surface area (TPSA) is 0 Å². The summed E-state index contributed by atoms with van der Waals surface area (Å²) in [6.07, 6.45) is 4.17. The van der Waals surface area contributed by atoms with E-state index in [1.54, 1.807) is 0 Å². The average Bonchev–Trinajstić information content (AvgIpc) is 1.63. The first kappa shape index (κ1) is 10.1. The molecular weight excluding hydrogens is 246 g/mol. The first-order valence-corrected chi connectivity index (χ1v) is 4.59. The van der Waals surface area contributed by atoms with Gasteiger partial charge in [-0.2, -0.15) is 0 Å². The zero-order chi connectivity index (χ0) is 7.33. The second kappa shape index (κ2) is 4.84. The van der Waals surface area contributed by atoms with Crippen LogP contribution in [0.5, 0.6) is 0 Å². The maximum Gasteiger partial charge on any atom is 0.194 e. The molecule has 0 amide bonds. The Balaban J connectivity index is 3.38. The number of hydrogen-bond acceptors (Lipinski definition) is 0. The molecule has 0 radical (unpaired) electrons. The summed E-state index contributed by atoms with van der Waals surface area (Å²) in [4.78, 5) is 0. The van der Waals surface area contributed by atoms with Crippen LogP contribution in [0.2, 0.25) is 0 Å². The summed E-state index contributed by atoms with van der Waals surface area (Å²) in [6.45, 7) is 0. The molecule has 0 saturated heterocycles. The van der Waals surface area contributed by atoms with Gasteiger partial charge in [0.2, 0.25) is 0 Å². The number of alkyl halides is 4. The third-order valence-electron chi connectivity index (χ3n) is 0.605. The fourth-order valence-corrected chi connectivity index (χ4v) is 0.812. The van der Waals surface area contributed by atoms with Crippen molar-refractivity contribution in [3.05, 3.63) is 12.2 Å². The van der Waals surface area contributed by atoms with Gasteiger partial charge in [-0.05, 0) is 0 Å². The van der Waals surface area contributed by atoms with Gasteiger partial charge in [0.25, 0.3) is 0 Å². The Morgan fingerprint density at radius 2 is 1.78 bits per heavy atom. The molecule has 0 saturated carbocycles. The summed E-state index contributed by atoms with van der Waals surface area (Å²) in [5.74, 6) is 0. The highest BCUT2D eigenvalue weighted by molar-refractivity contribution is 9.09. The lowest BCUT2D eigenvalue weighted by Crippen LogP contribution is -1.97. The molecule has 0 spiro atoms. The van der Waals surface area contributed by atoms with E-state index in [1.807, 2.05) is 12.2 Å². The number of hydrogen-bond donors (Lipinski definition) is 0. The quantitative estimate of drug-likeness (QED) is 0.519. The Kier molecular flexibility index (Phi) is 5.42. The van der Waals surface area contributed by atoms with Gasteiger partial charge in [0.15, 0.2) is 3.79 Å². The van der Waals surface area contributed by atoms with E-state index in [1.165, 1.54) is 0 Å². The predicted octanol–water partition coefficient (Wildman–Crippen LogP) is 3.70. The molecule has 0 bridgehead atoms. The average molecular weight is 252 g/mol. The van der Waals surface area contributed by atoms with Crippen LogP contribution in [-0.4, -0.2) is 9.12 Å². The summed E-state index contributed by atoms with van der Waals surface area (Å²) in [6, 6.07) is 0. The van der Waals surface area contributed by atoms with E-state index in [9.17, 15) is 0 Å². The summed E-state index contributed by atoms with van der Waals surface area (Å²) >= 11 is 19.5. The van der Waals surface area contributed by atoms with Gasteiger partial charge in [-0.15, -0.1) is 0 Å². The van der Waals surface area contributed by atoms with Crippen molar-refractivity contribution >= 4 is 50.7 Å². The van der Waals surface area contributed by atoms with Crippen LogP contribution in [0.4, 0.5) is 0 Å². The molecule has 0 nitrogen and oxygen atoms in total. The summed E-state index contributed by atoms with van der Waals surface area (Å²) < 4.78 is -1.14. The van der Waals surface area contributed by atoms with Crippen molar-refractivity contribution in [2.24, 2.45) is 0 Å². The molecule has 0 aliphatic rings. The van der Waals surface area contributed by atoms with Crippen molar-refractivity contribution < 1.29 is 0 Å². The monoisotopic (exact) mass is 250 g/mol. The third-order valence-corrected chi connectivity index (χ3v) is 1.44. The van der Waals surface area contributed by atoms with Crippen molar-refractivity contribution in [2.45, 2.75) is 10.2 Å². The van der Waals surface area contributed by atoms with Gasteiger partial charge in [0, 0.05) is 11.8 Å². The van der Waals surface area contributed by atoms with Crippen LogP contribution in [0.25, 0.3) is 0 Å². The van der Waals surface area contributed by atoms with Crippen molar-refractivity contribution in [1.82, 2.24) is 0 Å². The zero-order valence-electron chi connectivity index (χ0n) is 4.58. The van der Waals surface area contributed by atoms with Crippen LogP contribution in [0, 0.1) is 0 Å². The van der Waals surface area contributed by atoms with E-state index >= 15 is 0 Å². The van der Waals surface area contributed by atoms with Crippen LogP contribution < -0.4 is 0 Å². The standard InChI is InChI=1S/C5H6BrCl3/c6-4-2-1-3-5(7,8)9/h1-2H,3-4H2/b2-1-. The minimum absolute atomic E-state index is 0.462. The molecule has 0 atom stereocenters. The Hall–Kier alpha value is 1.09. The molecule has 0 aromatic carbocycles. The molecule has 0 aliphatic carbocycles. The highest BCUT2D eigenvalue weighted by atomic mass is 79.9. The maximum absolute atomic E-state index is 5.43. The molecule has 9 heavy (non-hydrogen) atoms. The number of halogens is 4. The highest BCUT2D eigenvalue weighted by Gasteiger charge is 2.16. The van der Waals surface area contributed by atoms with E-state index in [0.29, 0.717) is 6.42 Å². The van der Waals surface area contributed by atoms with Crippen molar-refractivity contribution in [3.63, 3.8) is 0 Å².